The van der Waals surface area contributed by atoms with Crippen LogP contribution in [0.4, 0.5) is 5.69 Å². The first-order valence-corrected chi connectivity index (χ1v) is 10.6. The molecule has 5 rings (SSSR count). The van der Waals surface area contributed by atoms with E-state index in [0.29, 0.717) is 21.0 Å². The lowest BCUT2D eigenvalue weighted by Crippen LogP contribution is -2.08. The molecule has 0 atom stereocenters. The molecule has 2 N–H and O–H groups in total. The van der Waals surface area contributed by atoms with Crippen molar-refractivity contribution in [1.82, 2.24) is 4.98 Å². The maximum Gasteiger partial charge on any atom is 0.201 e. The van der Waals surface area contributed by atoms with Gasteiger partial charge in [-0.2, -0.15) is 0 Å². The molecule has 1 aliphatic heterocycles. The van der Waals surface area contributed by atoms with Gasteiger partial charge in [0.1, 0.15) is 0 Å². The van der Waals surface area contributed by atoms with E-state index in [0.717, 1.165) is 31.1 Å². The van der Waals surface area contributed by atoms with Gasteiger partial charge in [-0.05, 0) is 36.4 Å². The van der Waals surface area contributed by atoms with Gasteiger partial charge in [-0.3, -0.25) is 4.79 Å². The Morgan fingerprint density at radius 1 is 0.964 bits per heavy atom. The highest BCUT2D eigenvalue weighted by molar-refractivity contribution is 7.99. The number of nitrogens with zero attached hydrogens (tertiary/aromatic N) is 1. The summed E-state index contributed by atoms with van der Waals surface area (Å²) in [7, 11) is 0. The summed E-state index contributed by atoms with van der Waals surface area (Å²) in [5.74, 6) is 0. The Kier molecular flexibility index (Phi) is 4.23. The number of rotatable bonds is 2. The second-order valence-corrected chi connectivity index (χ2v) is 8.89. The van der Waals surface area contributed by atoms with Crippen molar-refractivity contribution in [3.05, 3.63) is 82.0 Å². The van der Waals surface area contributed by atoms with Gasteiger partial charge in [0.05, 0.1) is 25.7 Å². The third kappa shape index (κ3) is 2.83. The van der Waals surface area contributed by atoms with E-state index in [9.17, 15) is 4.79 Å². The number of para-hydroxylation sites is 2. The quantitative estimate of drug-likeness (QED) is 0.207. The summed E-state index contributed by atoms with van der Waals surface area (Å²) in [6.07, 6.45) is 0. The van der Waals surface area contributed by atoms with E-state index in [-0.39, 0.29) is 5.43 Å². The Bertz CT molecular complexity index is 1400. The molecule has 3 aromatic carbocycles. The molecular weight excluding hydrogens is 408 g/mol. The second kappa shape index (κ2) is 6.78. The van der Waals surface area contributed by atoms with Crippen molar-refractivity contribution in [3.8, 4) is 10.6 Å². The fourth-order valence-electron chi connectivity index (χ4n) is 3.21. The Morgan fingerprint density at radius 3 is 2.61 bits per heavy atom. The third-order valence-electron chi connectivity index (χ3n) is 4.55. The number of aromatic nitrogens is 1. The van der Waals surface area contributed by atoms with Gasteiger partial charge in [0.2, 0.25) is 5.43 Å². The van der Waals surface area contributed by atoms with E-state index in [1.807, 2.05) is 54.6 Å². The lowest BCUT2D eigenvalue weighted by atomic mass is 10.1. The average Bonchev–Trinajstić information content (AvgIpc) is 2.71. The molecular formula is C22H13ClN2OS2. The Labute approximate surface area is 174 Å². The zero-order valence-corrected chi connectivity index (χ0v) is 16.9. The molecule has 3 nitrogen and oxygen atoms in total. The predicted octanol–water partition coefficient (Wildman–Crippen LogP) is 6.30. The molecule has 3 aromatic rings. The Morgan fingerprint density at radius 2 is 1.75 bits per heavy atom. The number of anilines is 1. The van der Waals surface area contributed by atoms with Gasteiger partial charge < -0.3 is 5.73 Å². The maximum atomic E-state index is 13.4. The van der Waals surface area contributed by atoms with Gasteiger partial charge in [-0.25, -0.2) is 4.98 Å². The second-order valence-electron chi connectivity index (χ2n) is 6.35. The number of hydrogen-bond donors (Lipinski definition) is 1. The van der Waals surface area contributed by atoms with Crippen LogP contribution in [-0.2, 0) is 0 Å². The Hall–Kier alpha value is -2.60. The first-order chi connectivity index (χ1) is 13.6. The molecule has 0 unspecified atom stereocenters. The maximum absolute atomic E-state index is 13.4. The summed E-state index contributed by atoms with van der Waals surface area (Å²) in [6, 6.07) is 20.9. The van der Waals surface area contributed by atoms with Gasteiger partial charge in [0, 0.05) is 26.4 Å². The molecule has 0 spiro atoms. The minimum Gasteiger partial charge on any atom is -0.398 e. The van der Waals surface area contributed by atoms with Crippen molar-refractivity contribution >= 4 is 61.4 Å². The summed E-state index contributed by atoms with van der Waals surface area (Å²) in [6.45, 7) is 0. The first-order valence-electron chi connectivity index (χ1n) is 8.59. The monoisotopic (exact) mass is 420 g/mol. The molecule has 136 valence electrons. The first kappa shape index (κ1) is 17.5. The summed E-state index contributed by atoms with van der Waals surface area (Å²) in [5, 5.41) is 1.92. The minimum absolute atomic E-state index is 0.0495. The molecule has 0 fully saturated rings. The smallest absolute Gasteiger partial charge is 0.201 e. The van der Waals surface area contributed by atoms with Crippen molar-refractivity contribution in [3.63, 3.8) is 0 Å². The topological polar surface area (TPSA) is 56.0 Å². The highest BCUT2D eigenvalue weighted by atomic mass is 35.5. The number of halogens is 1. The van der Waals surface area contributed by atoms with Crippen LogP contribution in [0.5, 0.6) is 0 Å². The zero-order chi connectivity index (χ0) is 19.3. The molecule has 0 saturated heterocycles. The number of fused-ring (bicyclic) bond motifs is 4. The third-order valence-corrected chi connectivity index (χ3v) is 7.27. The molecule has 0 bridgehead atoms. The predicted molar refractivity (Wildman–Crippen MR) is 120 cm³/mol. The van der Waals surface area contributed by atoms with Crippen LogP contribution in [0.1, 0.15) is 0 Å². The van der Waals surface area contributed by atoms with E-state index >= 15 is 0 Å². The van der Waals surface area contributed by atoms with Gasteiger partial charge in [-0.15, -0.1) is 11.3 Å². The van der Waals surface area contributed by atoms with Crippen molar-refractivity contribution in [2.75, 3.05) is 5.73 Å². The van der Waals surface area contributed by atoms with Crippen molar-refractivity contribution in [2.24, 2.45) is 0 Å². The van der Waals surface area contributed by atoms with Crippen LogP contribution in [0.3, 0.4) is 0 Å². The fraction of sp³-hybridized carbons (Fsp3) is 0. The van der Waals surface area contributed by atoms with Crippen molar-refractivity contribution in [1.29, 1.82) is 0 Å². The molecule has 0 saturated carbocycles. The molecule has 0 amide bonds. The highest BCUT2D eigenvalue weighted by Crippen LogP contribution is 2.43. The van der Waals surface area contributed by atoms with Gasteiger partial charge in [0.15, 0.2) is 0 Å². The van der Waals surface area contributed by atoms with E-state index in [2.05, 4.69) is 0 Å². The largest absolute Gasteiger partial charge is 0.398 e. The van der Waals surface area contributed by atoms with E-state index in [1.54, 1.807) is 23.5 Å². The molecule has 6 heteroatoms. The molecule has 0 radical (unpaired) electrons. The molecule has 1 heterocycles. The van der Waals surface area contributed by atoms with E-state index in [1.165, 1.54) is 11.8 Å². The Balaban J connectivity index is 1.91. The lowest BCUT2D eigenvalue weighted by molar-refractivity contribution is 1.35. The standard InChI is InChI=1S/C22H13ClN2OS2/c23-12-9-10-13-14(11-12)20(26)22(27-17-7-3-1-5-15(17)24)21-19(13)25-16-6-2-4-8-18(16)28-21/h1-11H,24H2. The van der Waals surface area contributed by atoms with E-state index in [4.69, 9.17) is 22.3 Å². The van der Waals surface area contributed by atoms with Crippen LogP contribution in [0, 0.1) is 0 Å². The summed E-state index contributed by atoms with van der Waals surface area (Å²) >= 11 is 9.16. The van der Waals surface area contributed by atoms with Gasteiger partial charge >= 0.3 is 0 Å². The van der Waals surface area contributed by atoms with Crippen LogP contribution in [0.15, 0.2) is 81.3 Å². The highest BCUT2D eigenvalue weighted by Gasteiger charge is 2.22. The molecule has 1 aliphatic carbocycles. The molecule has 28 heavy (non-hydrogen) atoms. The van der Waals surface area contributed by atoms with Crippen molar-refractivity contribution < 1.29 is 0 Å². The summed E-state index contributed by atoms with van der Waals surface area (Å²) in [5.41, 5.74) is 8.45. The van der Waals surface area contributed by atoms with Gasteiger partial charge in [0.25, 0.3) is 0 Å². The lowest BCUT2D eigenvalue weighted by Gasteiger charge is -2.15. The summed E-state index contributed by atoms with van der Waals surface area (Å²) in [4.78, 5) is 20.6. The SMILES string of the molecule is Nc1ccccc1Sc1c2sc3ccccc3nc-2c2ccc(Cl)cc2c1=O. The minimum atomic E-state index is -0.0495. The van der Waals surface area contributed by atoms with Gasteiger partial charge in [-0.1, -0.05) is 53.7 Å². The number of nitrogen functional groups attached to an aromatic ring is 1. The van der Waals surface area contributed by atoms with Crippen LogP contribution in [0.2, 0.25) is 5.02 Å². The molecule has 2 aliphatic rings. The number of hydrogen-bond acceptors (Lipinski definition) is 5. The average molecular weight is 421 g/mol. The fourth-order valence-corrected chi connectivity index (χ4v) is 5.60. The van der Waals surface area contributed by atoms with Crippen LogP contribution in [-0.4, -0.2) is 4.98 Å². The number of nitrogens with two attached hydrogens (primary N) is 1. The summed E-state index contributed by atoms with van der Waals surface area (Å²) < 4.78 is 1.03. The van der Waals surface area contributed by atoms with Crippen LogP contribution < -0.4 is 11.2 Å². The van der Waals surface area contributed by atoms with E-state index < -0.39 is 0 Å². The molecule has 0 aromatic heterocycles. The zero-order valence-electron chi connectivity index (χ0n) is 14.5. The van der Waals surface area contributed by atoms with Crippen LogP contribution >= 0.6 is 34.7 Å². The van der Waals surface area contributed by atoms with Crippen LogP contribution in [0.25, 0.3) is 31.6 Å². The normalized spacial score (nSPS) is 11.5. The van der Waals surface area contributed by atoms with Crippen molar-refractivity contribution in [2.45, 2.75) is 9.79 Å². The number of benzene rings is 4.